The lowest BCUT2D eigenvalue weighted by Crippen LogP contribution is -2.37. The van der Waals surface area contributed by atoms with Gasteiger partial charge in [0.1, 0.15) is 0 Å². The van der Waals surface area contributed by atoms with Crippen LogP contribution in [0.4, 0.5) is 0 Å². The monoisotopic (exact) mass is 393 g/mol. The first-order valence-corrected chi connectivity index (χ1v) is 6.71. The topological polar surface area (TPSA) is 46.2 Å². The zero-order valence-corrected chi connectivity index (χ0v) is 12.0. The summed E-state index contributed by atoms with van der Waals surface area (Å²) in [5, 5.41) is 2.32. The van der Waals surface area contributed by atoms with E-state index in [0.29, 0.717) is 12.8 Å². The van der Waals surface area contributed by atoms with Gasteiger partial charge < -0.3 is 0 Å². The molecule has 3 nitrogen and oxygen atoms in total. The second kappa shape index (κ2) is 4.83. The molecule has 2 rings (SSSR count). The average molecular weight is 394 g/mol. The number of benzene rings is 1. The van der Waals surface area contributed by atoms with E-state index < -0.39 is 0 Å². The van der Waals surface area contributed by atoms with Crippen LogP contribution in [0.1, 0.15) is 24.3 Å². The van der Waals surface area contributed by atoms with Crippen molar-refractivity contribution in [3.05, 3.63) is 31.8 Å². The van der Waals surface area contributed by atoms with E-state index in [2.05, 4.69) is 43.8 Å². The fourth-order valence-electron chi connectivity index (χ4n) is 1.82. The van der Waals surface area contributed by atoms with E-state index in [-0.39, 0.29) is 17.7 Å². The van der Waals surface area contributed by atoms with Gasteiger partial charge >= 0.3 is 0 Å². The Hall–Kier alpha value is -0.430. The predicted molar refractivity (Wildman–Crippen MR) is 72.0 cm³/mol. The highest BCUT2D eigenvalue weighted by Gasteiger charge is 2.27. The van der Waals surface area contributed by atoms with Crippen LogP contribution in [0.25, 0.3) is 0 Å². The van der Waals surface area contributed by atoms with Crippen LogP contribution < -0.4 is 5.32 Å². The highest BCUT2D eigenvalue weighted by molar-refractivity contribution is 14.1. The van der Waals surface area contributed by atoms with Crippen molar-refractivity contribution in [3.63, 3.8) is 0 Å². The maximum atomic E-state index is 11.3. The number of amides is 2. The van der Waals surface area contributed by atoms with Crippen LogP contribution in [0, 0.1) is 3.57 Å². The van der Waals surface area contributed by atoms with Gasteiger partial charge in [0.2, 0.25) is 11.8 Å². The van der Waals surface area contributed by atoms with Crippen molar-refractivity contribution in [1.82, 2.24) is 5.32 Å². The summed E-state index contributed by atoms with van der Waals surface area (Å²) in [6, 6.07) is 5.92. The highest BCUT2D eigenvalue weighted by Crippen LogP contribution is 2.31. The maximum Gasteiger partial charge on any atom is 0.227 e. The molecule has 1 aliphatic heterocycles. The van der Waals surface area contributed by atoms with Crippen LogP contribution in [-0.4, -0.2) is 11.8 Å². The third-order valence-corrected chi connectivity index (χ3v) is 4.02. The minimum Gasteiger partial charge on any atom is -0.296 e. The molecule has 1 saturated heterocycles. The molecular weight excluding hydrogens is 385 g/mol. The molecule has 0 saturated carbocycles. The number of halogens is 2. The minimum atomic E-state index is -0.183. The summed E-state index contributed by atoms with van der Waals surface area (Å²) in [7, 11) is 0. The summed E-state index contributed by atoms with van der Waals surface area (Å²) in [5.74, 6) is -0.361. The van der Waals surface area contributed by atoms with Crippen molar-refractivity contribution >= 4 is 50.3 Å². The summed E-state index contributed by atoms with van der Waals surface area (Å²) in [6.45, 7) is 0. The van der Waals surface area contributed by atoms with E-state index in [9.17, 15) is 9.59 Å². The van der Waals surface area contributed by atoms with Gasteiger partial charge in [-0.2, -0.15) is 0 Å². The van der Waals surface area contributed by atoms with Gasteiger partial charge in [0.25, 0.3) is 0 Å². The molecular formula is C11H9BrINO2. The number of imide groups is 1. The molecule has 84 valence electrons. The Morgan fingerprint density at radius 1 is 1.25 bits per heavy atom. The normalized spacial score (nSPS) is 17.4. The standard InChI is InChI=1S/C11H9BrINO2/c12-7-1-2-9(13)8(5-7)6-3-10(15)14-11(16)4-6/h1-2,5-6H,3-4H2,(H,14,15,16). The second-order valence-electron chi connectivity index (χ2n) is 3.74. The van der Waals surface area contributed by atoms with Gasteiger partial charge in [0, 0.05) is 26.8 Å². The van der Waals surface area contributed by atoms with E-state index in [1.165, 1.54) is 0 Å². The smallest absolute Gasteiger partial charge is 0.227 e. The zero-order chi connectivity index (χ0) is 11.7. The summed E-state index contributed by atoms with van der Waals surface area (Å²) in [4.78, 5) is 22.6. The molecule has 1 fully saturated rings. The van der Waals surface area contributed by atoms with Crippen LogP contribution in [0.15, 0.2) is 22.7 Å². The quantitative estimate of drug-likeness (QED) is 0.588. The van der Waals surface area contributed by atoms with E-state index in [0.717, 1.165) is 13.6 Å². The number of carbonyl (C=O) groups is 2. The van der Waals surface area contributed by atoms with Crippen molar-refractivity contribution < 1.29 is 9.59 Å². The van der Waals surface area contributed by atoms with Gasteiger partial charge in [-0.05, 0) is 46.4 Å². The molecule has 1 heterocycles. The van der Waals surface area contributed by atoms with Gasteiger partial charge in [-0.15, -0.1) is 0 Å². The van der Waals surface area contributed by atoms with Crippen LogP contribution in [0.5, 0.6) is 0 Å². The Balaban J connectivity index is 2.32. The minimum absolute atomic E-state index is 0.00523. The Morgan fingerprint density at radius 3 is 2.50 bits per heavy atom. The molecule has 0 radical (unpaired) electrons. The lowest BCUT2D eigenvalue weighted by molar-refractivity contribution is -0.133. The van der Waals surface area contributed by atoms with Crippen LogP contribution in [0.3, 0.4) is 0 Å². The van der Waals surface area contributed by atoms with Crippen LogP contribution in [-0.2, 0) is 9.59 Å². The summed E-state index contributed by atoms with van der Waals surface area (Å²) >= 11 is 5.63. The average Bonchev–Trinajstić information content (AvgIpc) is 2.20. The third kappa shape index (κ3) is 2.63. The molecule has 0 aromatic heterocycles. The predicted octanol–water partition coefficient (Wildman–Crippen LogP) is 2.57. The zero-order valence-electron chi connectivity index (χ0n) is 8.30. The molecule has 1 aliphatic rings. The lowest BCUT2D eigenvalue weighted by Gasteiger charge is -2.22. The van der Waals surface area contributed by atoms with Crippen molar-refractivity contribution in [2.24, 2.45) is 0 Å². The molecule has 0 spiro atoms. The van der Waals surface area contributed by atoms with Gasteiger partial charge in [0.05, 0.1) is 0 Å². The molecule has 0 aliphatic carbocycles. The fraction of sp³-hybridized carbons (Fsp3) is 0.273. The largest absolute Gasteiger partial charge is 0.296 e. The SMILES string of the molecule is O=C1CC(c2cc(Br)ccc2I)CC(=O)N1. The van der Waals surface area contributed by atoms with E-state index in [1.54, 1.807) is 0 Å². The Morgan fingerprint density at radius 2 is 1.88 bits per heavy atom. The molecule has 1 N–H and O–H groups in total. The van der Waals surface area contributed by atoms with Crippen LogP contribution >= 0.6 is 38.5 Å². The number of nitrogens with one attached hydrogen (secondary N) is 1. The van der Waals surface area contributed by atoms with Gasteiger partial charge in [-0.1, -0.05) is 15.9 Å². The summed E-state index contributed by atoms with van der Waals surface area (Å²) in [6.07, 6.45) is 0.774. The molecule has 0 unspecified atom stereocenters. The first kappa shape index (κ1) is 12.0. The fourth-order valence-corrected chi connectivity index (χ4v) is 2.98. The van der Waals surface area contributed by atoms with Gasteiger partial charge in [-0.3, -0.25) is 14.9 Å². The molecule has 0 atom stereocenters. The van der Waals surface area contributed by atoms with Crippen molar-refractivity contribution in [3.8, 4) is 0 Å². The lowest BCUT2D eigenvalue weighted by atomic mass is 9.89. The Kier molecular flexibility index (Phi) is 3.63. The Labute approximate surface area is 115 Å². The summed E-state index contributed by atoms with van der Waals surface area (Å²) in [5.41, 5.74) is 1.07. The number of hydrogen-bond donors (Lipinski definition) is 1. The molecule has 5 heteroatoms. The van der Waals surface area contributed by atoms with Crippen molar-refractivity contribution in [1.29, 1.82) is 0 Å². The molecule has 16 heavy (non-hydrogen) atoms. The van der Waals surface area contributed by atoms with Crippen LogP contribution in [0.2, 0.25) is 0 Å². The van der Waals surface area contributed by atoms with Crippen molar-refractivity contribution in [2.75, 3.05) is 0 Å². The van der Waals surface area contributed by atoms with Crippen molar-refractivity contribution in [2.45, 2.75) is 18.8 Å². The maximum absolute atomic E-state index is 11.3. The number of rotatable bonds is 1. The third-order valence-electron chi connectivity index (χ3n) is 2.54. The van der Waals surface area contributed by atoms with Gasteiger partial charge in [-0.25, -0.2) is 0 Å². The highest BCUT2D eigenvalue weighted by atomic mass is 127. The van der Waals surface area contributed by atoms with E-state index in [1.807, 2.05) is 18.2 Å². The molecule has 1 aromatic carbocycles. The van der Waals surface area contributed by atoms with Gasteiger partial charge in [0.15, 0.2) is 0 Å². The number of carbonyl (C=O) groups excluding carboxylic acids is 2. The van der Waals surface area contributed by atoms with E-state index in [4.69, 9.17) is 0 Å². The first-order chi connectivity index (χ1) is 7.56. The molecule has 1 aromatic rings. The number of hydrogen-bond acceptors (Lipinski definition) is 2. The summed E-state index contributed by atoms with van der Waals surface area (Å²) < 4.78 is 2.06. The first-order valence-electron chi connectivity index (χ1n) is 4.84. The van der Waals surface area contributed by atoms with E-state index >= 15 is 0 Å². The molecule has 2 amide bonds. The second-order valence-corrected chi connectivity index (χ2v) is 5.82. The number of piperidine rings is 1. The molecule has 0 bridgehead atoms. The Bertz CT molecular complexity index is 445.